The molecule has 0 saturated heterocycles. The first kappa shape index (κ1) is 13.9. The first-order valence-corrected chi connectivity index (χ1v) is 6.77. The van der Waals surface area contributed by atoms with Gasteiger partial charge in [0.25, 0.3) is 0 Å². The molecule has 2 rings (SSSR count). The van der Waals surface area contributed by atoms with Crippen molar-refractivity contribution >= 4 is 12.1 Å². The normalized spacial score (nSPS) is 25.1. The van der Waals surface area contributed by atoms with E-state index in [-0.39, 0.29) is 0 Å². The average Bonchev–Trinajstić information content (AvgIpc) is 2.73. The van der Waals surface area contributed by atoms with Gasteiger partial charge >= 0.3 is 0 Å². The molecular formula is C15H20N2O2. The molecular weight excluding hydrogens is 240 g/mol. The summed E-state index contributed by atoms with van der Waals surface area (Å²) >= 11 is 0. The van der Waals surface area contributed by atoms with Crippen molar-refractivity contribution in [1.29, 1.82) is 0 Å². The fourth-order valence-electron chi connectivity index (χ4n) is 2.72. The molecule has 0 radical (unpaired) electrons. The fraction of sp³-hybridized carbons (Fsp3) is 0.467. The van der Waals surface area contributed by atoms with Crippen LogP contribution in [0.5, 0.6) is 0 Å². The van der Waals surface area contributed by atoms with Gasteiger partial charge in [-0.3, -0.25) is 14.9 Å². The van der Waals surface area contributed by atoms with Gasteiger partial charge in [-0.1, -0.05) is 44.0 Å². The maximum Gasteiger partial charge on any atom is 0.216 e. The van der Waals surface area contributed by atoms with E-state index in [1.807, 2.05) is 24.3 Å². The predicted molar refractivity (Wildman–Crippen MR) is 73.4 cm³/mol. The molecule has 0 spiro atoms. The van der Waals surface area contributed by atoms with Crippen LogP contribution in [0.3, 0.4) is 0 Å². The van der Waals surface area contributed by atoms with Gasteiger partial charge in [-0.2, -0.15) is 0 Å². The van der Waals surface area contributed by atoms with Crippen LogP contribution in [-0.4, -0.2) is 12.1 Å². The Kier molecular flexibility index (Phi) is 4.12. The minimum absolute atomic E-state index is 0.367. The summed E-state index contributed by atoms with van der Waals surface area (Å²) in [4.78, 5) is 22.5. The van der Waals surface area contributed by atoms with Crippen molar-refractivity contribution in [3.05, 3.63) is 35.4 Å². The number of nitrogens with one attached hydrogen (secondary N) is 1. The van der Waals surface area contributed by atoms with E-state index >= 15 is 0 Å². The Labute approximate surface area is 113 Å². The molecule has 1 aromatic carbocycles. The highest BCUT2D eigenvalue weighted by Gasteiger charge is 2.42. The molecule has 0 bridgehead atoms. The van der Waals surface area contributed by atoms with Crippen LogP contribution in [0.25, 0.3) is 0 Å². The van der Waals surface area contributed by atoms with Crippen molar-refractivity contribution in [2.45, 2.75) is 44.3 Å². The molecule has 19 heavy (non-hydrogen) atoms. The molecule has 2 unspecified atom stereocenters. The quantitative estimate of drug-likeness (QED) is 0.464. The Morgan fingerprint density at radius 2 is 2.16 bits per heavy atom. The van der Waals surface area contributed by atoms with Gasteiger partial charge < -0.3 is 5.73 Å². The molecule has 1 aromatic rings. The second-order valence-electron chi connectivity index (χ2n) is 5.11. The van der Waals surface area contributed by atoms with E-state index in [2.05, 4.69) is 12.2 Å². The van der Waals surface area contributed by atoms with Gasteiger partial charge in [0.05, 0.1) is 5.66 Å². The van der Waals surface area contributed by atoms with Crippen molar-refractivity contribution in [2.24, 2.45) is 5.73 Å². The zero-order valence-electron chi connectivity index (χ0n) is 11.2. The first-order valence-electron chi connectivity index (χ1n) is 6.77. The summed E-state index contributed by atoms with van der Waals surface area (Å²) in [5.74, 6) is -0.463. The van der Waals surface area contributed by atoms with Gasteiger partial charge in [0.2, 0.25) is 5.78 Å². The summed E-state index contributed by atoms with van der Waals surface area (Å²) in [5.41, 5.74) is 7.48. The molecule has 0 aliphatic carbocycles. The Bertz CT molecular complexity index is 487. The van der Waals surface area contributed by atoms with E-state index in [0.29, 0.717) is 6.29 Å². The van der Waals surface area contributed by atoms with E-state index in [9.17, 15) is 9.59 Å². The number of nitrogens with two attached hydrogens (primary N) is 1. The zero-order valence-corrected chi connectivity index (χ0v) is 11.2. The standard InChI is InChI=1S/C15H20N2O2/c1-2-3-6-9-15(16)12-8-5-4-7-11(12)14(17-15)13(19)10-18/h4-5,7-8,10,14,17H,2-3,6,9,16H2,1H3. The van der Waals surface area contributed by atoms with Crippen LogP contribution in [-0.2, 0) is 15.3 Å². The van der Waals surface area contributed by atoms with Crippen molar-refractivity contribution in [2.75, 3.05) is 0 Å². The van der Waals surface area contributed by atoms with Crippen molar-refractivity contribution < 1.29 is 9.59 Å². The molecule has 0 amide bonds. The molecule has 4 nitrogen and oxygen atoms in total. The lowest BCUT2D eigenvalue weighted by atomic mass is 9.93. The number of rotatable bonds is 6. The monoisotopic (exact) mass is 260 g/mol. The van der Waals surface area contributed by atoms with Crippen molar-refractivity contribution in [3.8, 4) is 0 Å². The molecule has 1 heterocycles. The van der Waals surface area contributed by atoms with Gasteiger partial charge in [-0.15, -0.1) is 0 Å². The number of Topliss-reactive ketones (excluding diaryl/α,β-unsaturated/α-hetero) is 1. The molecule has 1 aliphatic rings. The minimum atomic E-state index is -0.699. The average molecular weight is 260 g/mol. The second-order valence-corrected chi connectivity index (χ2v) is 5.11. The van der Waals surface area contributed by atoms with E-state index in [0.717, 1.165) is 36.8 Å². The Morgan fingerprint density at radius 1 is 1.42 bits per heavy atom. The van der Waals surface area contributed by atoms with Gasteiger partial charge in [-0.05, 0) is 24.0 Å². The van der Waals surface area contributed by atoms with E-state index in [1.54, 1.807) is 0 Å². The maximum atomic E-state index is 11.7. The van der Waals surface area contributed by atoms with Crippen LogP contribution in [0.15, 0.2) is 24.3 Å². The molecule has 2 atom stereocenters. The molecule has 0 fully saturated rings. The van der Waals surface area contributed by atoms with Crippen LogP contribution >= 0.6 is 0 Å². The van der Waals surface area contributed by atoms with E-state index in [4.69, 9.17) is 5.73 Å². The molecule has 102 valence electrons. The summed E-state index contributed by atoms with van der Waals surface area (Å²) in [6.45, 7) is 2.14. The number of carbonyl (C=O) groups excluding carboxylic acids is 2. The predicted octanol–water partition coefficient (Wildman–Crippen LogP) is 1.79. The highest BCUT2D eigenvalue weighted by Crippen LogP contribution is 2.37. The van der Waals surface area contributed by atoms with E-state index in [1.165, 1.54) is 0 Å². The van der Waals surface area contributed by atoms with Gasteiger partial charge in [0.15, 0.2) is 6.29 Å². The van der Waals surface area contributed by atoms with Crippen molar-refractivity contribution in [1.82, 2.24) is 5.32 Å². The highest BCUT2D eigenvalue weighted by molar-refractivity contribution is 6.27. The number of hydrogen-bond donors (Lipinski definition) is 2. The molecule has 0 aromatic heterocycles. The molecule has 4 heteroatoms. The first-order chi connectivity index (χ1) is 9.12. The lowest BCUT2D eigenvalue weighted by Gasteiger charge is -2.26. The van der Waals surface area contributed by atoms with Gasteiger partial charge in [0.1, 0.15) is 6.04 Å². The Balaban J connectivity index is 2.29. The number of aldehydes is 1. The summed E-state index contributed by atoms with van der Waals surface area (Å²) in [5, 5.41) is 3.14. The second kappa shape index (κ2) is 5.63. The summed E-state index contributed by atoms with van der Waals surface area (Å²) < 4.78 is 0. The number of ketones is 1. The summed E-state index contributed by atoms with van der Waals surface area (Å²) in [7, 11) is 0. The van der Waals surface area contributed by atoms with Crippen LogP contribution in [0, 0.1) is 0 Å². The molecule has 0 saturated carbocycles. The minimum Gasteiger partial charge on any atom is -0.309 e. The van der Waals surface area contributed by atoms with Crippen LogP contribution < -0.4 is 11.1 Å². The van der Waals surface area contributed by atoms with Crippen LogP contribution in [0.2, 0.25) is 0 Å². The Hall–Kier alpha value is -1.52. The van der Waals surface area contributed by atoms with Crippen LogP contribution in [0.4, 0.5) is 0 Å². The van der Waals surface area contributed by atoms with Gasteiger partial charge in [-0.25, -0.2) is 0 Å². The number of unbranched alkanes of at least 4 members (excludes halogenated alkanes) is 2. The smallest absolute Gasteiger partial charge is 0.216 e. The molecule has 1 aliphatic heterocycles. The highest BCUT2D eigenvalue weighted by atomic mass is 16.2. The number of carbonyl (C=O) groups is 2. The number of fused-ring (bicyclic) bond motifs is 1. The Morgan fingerprint density at radius 3 is 2.84 bits per heavy atom. The lowest BCUT2D eigenvalue weighted by molar-refractivity contribution is -0.131. The summed E-state index contributed by atoms with van der Waals surface area (Å²) in [6, 6.07) is 6.98. The fourth-order valence-corrected chi connectivity index (χ4v) is 2.72. The SMILES string of the molecule is CCCCCC1(N)NC(C(=O)C=O)c2ccccc21. The number of benzene rings is 1. The lowest BCUT2D eigenvalue weighted by Crippen LogP contribution is -2.48. The summed E-state index contributed by atoms with van der Waals surface area (Å²) in [6.07, 6.45) is 4.35. The van der Waals surface area contributed by atoms with Crippen LogP contribution in [0.1, 0.15) is 49.8 Å². The topological polar surface area (TPSA) is 72.2 Å². The molecule has 3 N–H and O–H groups in total. The third-order valence-electron chi connectivity index (χ3n) is 3.73. The number of hydrogen-bond acceptors (Lipinski definition) is 4. The van der Waals surface area contributed by atoms with Crippen molar-refractivity contribution in [3.63, 3.8) is 0 Å². The largest absolute Gasteiger partial charge is 0.309 e. The van der Waals surface area contributed by atoms with E-state index < -0.39 is 17.5 Å². The van der Waals surface area contributed by atoms with Gasteiger partial charge in [0, 0.05) is 0 Å². The maximum absolute atomic E-state index is 11.7. The zero-order chi connectivity index (χ0) is 13.9. The third kappa shape index (κ3) is 2.60. The third-order valence-corrected chi connectivity index (χ3v) is 3.73.